The van der Waals surface area contributed by atoms with Gasteiger partial charge in [0.2, 0.25) is 0 Å². The van der Waals surface area contributed by atoms with Crippen LogP contribution in [0.5, 0.6) is 0 Å². The van der Waals surface area contributed by atoms with Crippen molar-refractivity contribution >= 4 is 0 Å². The van der Waals surface area contributed by atoms with E-state index < -0.39 is 0 Å². The summed E-state index contributed by atoms with van der Waals surface area (Å²) >= 11 is 0. The molecule has 2 rings (SSSR count). The highest BCUT2D eigenvalue weighted by Crippen LogP contribution is 2.44. The molecule has 0 unspecified atom stereocenters. The average molecular weight is 262 g/mol. The second-order valence-electron chi connectivity index (χ2n) is 6.13. The molecule has 0 N–H and O–H groups in total. The highest BCUT2D eigenvalue weighted by molar-refractivity contribution is 5.27. The van der Waals surface area contributed by atoms with Crippen LogP contribution in [0.1, 0.15) is 76.7 Å². The molecule has 1 aromatic rings. The quantitative estimate of drug-likeness (QED) is 0.552. The van der Waals surface area contributed by atoms with Crippen molar-refractivity contribution < 1.29 is 4.39 Å². The standard InChI is InChI=1S/C18H27F/c1-2-3-4-8-13-18(14-9-5-10-15-18)16-11-6-7-12-17(16)19/h6-7,11-12H,2-5,8-10,13-15H2,1H3. The summed E-state index contributed by atoms with van der Waals surface area (Å²) in [5.74, 6) is 0.0138. The fourth-order valence-corrected chi connectivity index (χ4v) is 3.66. The van der Waals surface area contributed by atoms with Crippen LogP contribution in [0.4, 0.5) is 4.39 Å². The Hall–Kier alpha value is -0.850. The highest BCUT2D eigenvalue weighted by atomic mass is 19.1. The van der Waals surface area contributed by atoms with Gasteiger partial charge in [0.1, 0.15) is 5.82 Å². The van der Waals surface area contributed by atoms with Crippen LogP contribution >= 0.6 is 0 Å². The lowest BCUT2D eigenvalue weighted by Gasteiger charge is -2.38. The predicted octanol–water partition coefficient (Wildman–Crippen LogP) is 6.00. The van der Waals surface area contributed by atoms with Crippen molar-refractivity contribution in [3.05, 3.63) is 35.6 Å². The summed E-state index contributed by atoms with van der Waals surface area (Å²) in [7, 11) is 0. The van der Waals surface area contributed by atoms with E-state index in [1.54, 1.807) is 6.07 Å². The van der Waals surface area contributed by atoms with Crippen LogP contribution in [-0.4, -0.2) is 0 Å². The van der Waals surface area contributed by atoms with Crippen LogP contribution in [0.15, 0.2) is 24.3 Å². The summed E-state index contributed by atoms with van der Waals surface area (Å²) in [5, 5.41) is 0. The van der Waals surface area contributed by atoms with Gasteiger partial charge in [-0.15, -0.1) is 0 Å². The molecule has 19 heavy (non-hydrogen) atoms. The van der Waals surface area contributed by atoms with Crippen LogP contribution in [0, 0.1) is 5.82 Å². The van der Waals surface area contributed by atoms with Gasteiger partial charge in [-0.25, -0.2) is 4.39 Å². The zero-order chi connectivity index (χ0) is 13.6. The summed E-state index contributed by atoms with van der Waals surface area (Å²) in [4.78, 5) is 0. The summed E-state index contributed by atoms with van der Waals surface area (Å²) in [6, 6.07) is 7.48. The monoisotopic (exact) mass is 262 g/mol. The van der Waals surface area contributed by atoms with Crippen LogP contribution < -0.4 is 0 Å². The smallest absolute Gasteiger partial charge is 0.126 e. The zero-order valence-electron chi connectivity index (χ0n) is 12.3. The van der Waals surface area contributed by atoms with Crippen LogP contribution in [0.3, 0.4) is 0 Å². The zero-order valence-corrected chi connectivity index (χ0v) is 12.3. The number of hydrogen-bond donors (Lipinski definition) is 0. The van der Waals surface area contributed by atoms with Crippen molar-refractivity contribution in [1.82, 2.24) is 0 Å². The minimum absolute atomic E-state index is 0.0138. The van der Waals surface area contributed by atoms with Crippen LogP contribution in [0.25, 0.3) is 0 Å². The molecule has 0 aliphatic heterocycles. The van der Waals surface area contributed by atoms with Crippen molar-refractivity contribution in [3.8, 4) is 0 Å². The molecule has 0 heterocycles. The number of unbranched alkanes of at least 4 members (excludes halogenated alkanes) is 3. The Bertz CT molecular complexity index is 377. The number of hydrogen-bond acceptors (Lipinski definition) is 0. The molecule has 1 saturated carbocycles. The third-order valence-corrected chi connectivity index (χ3v) is 4.76. The van der Waals surface area contributed by atoms with E-state index in [0.29, 0.717) is 0 Å². The van der Waals surface area contributed by atoms with Crippen molar-refractivity contribution in [2.45, 2.75) is 76.5 Å². The van der Waals surface area contributed by atoms with E-state index in [2.05, 4.69) is 6.92 Å². The molecule has 0 bridgehead atoms. The fourth-order valence-electron chi connectivity index (χ4n) is 3.66. The van der Waals surface area contributed by atoms with Gasteiger partial charge < -0.3 is 0 Å². The van der Waals surface area contributed by atoms with Crippen molar-refractivity contribution in [1.29, 1.82) is 0 Å². The SMILES string of the molecule is CCCCCCC1(c2ccccc2F)CCCCC1. The van der Waals surface area contributed by atoms with Gasteiger partial charge in [0.25, 0.3) is 0 Å². The molecular weight excluding hydrogens is 235 g/mol. The van der Waals surface area contributed by atoms with Crippen molar-refractivity contribution in [2.24, 2.45) is 0 Å². The van der Waals surface area contributed by atoms with E-state index >= 15 is 0 Å². The van der Waals surface area contributed by atoms with E-state index in [-0.39, 0.29) is 11.2 Å². The third kappa shape index (κ3) is 3.58. The van der Waals surface area contributed by atoms with Crippen LogP contribution in [-0.2, 0) is 5.41 Å². The van der Waals surface area contributed by atoms with E-state index in [0.717, 1.165) is 5.56 Å². The fraction of sp³-hybridized carbons (Fsp3) is 0.667. The first kappa shape index (κ1) is 14.6. The minimum atomic E-state index is 0.0138. The topological polar surface area (TPSA) is 0 Å². The first-order chi connectivity index (χ1) is 9.28. The molecule has 1 aliphatic carbocycles. The molecule has 0 aromatic heterocycles. The van der Waals surface area contributed by atoms with Crippen LogP contribution in [0.2, 0.25) is 0 Å². The maximum Gasteiger partial charge on any atom is 0.126 e. The molecule has 1 fully saturated rings. The van der Waals surface area contributed by atoms with Crippen molar-refractivity contribution in [3.63, 3.8) is 0 Å². The van der Waals surface area contributed by atoms with Gasteiger partial charge in [0, 0.05) is 0 Å². The molecule has 0 saturated heterocycles. The molecule has 1 aromatic carbocycles. The first-order valence-corrected chi connectivity index (χ1v) is 8.03. The molecule has 106 valence electrons. The van der Waals surface area contributed by atoms with Crippen molar-refractivity contribution in [2.75, 3.05) is 0 Å². The molecular formula is C18H27F. The third-order valence-electron chi connectivity index (χ3n) is 4.76. The van der Waals surface area contributed by atoms with E-state index in [9.17, 15) is 4.39 Å². The van der Waals surface area contributed by atoms with Gasteiger partial charge in [-0.05, 0) is 36.3 Å². The van der Waals surface area contributed by atoms with E-state index in [4.69, 9.17) is 0 Å². The summed E-state index contributed by atoms with van der Waals surface area (Å²) in [6.07, 6.45) is 12.5. The Morgan fingerprint density at radius 2 is 1.74 bits per heavy atom. The second-order valence-corrected chi connectivity index (χ2v) is 6.13. The lowest BCUT2D eigenvalue weighted by molar-refractivity contribution is 0.257. The lowest BCUT2D eigenvalue weighted by Crippen LogP contribution is -2.30. The number of benzene rings is 1. The predicted molar refractivity (Wildman–Crippen MR) is 79.9 cm³/mol. The van der Waals surface area contributed by atoms with Gasteiger partial charge in [0.05, 0.1) is 0 Å². The second kappa shape index (κ2) is 7.07. The summed E-state index contributed by atoms with van der Waals surface area (Å²) in [5.41, 5.74) is 1.13. The van der Waals surface area contributed by atoms with Gasteiger partial charge in [-0.1, -0.05) is 70.1 Å². The van der Waals surface area contributed by atoms with Gasteiger partial charge in [0.15, 0.2) is 0 Å². The Kier molecular flexibility index (Phi) is 5.42. The van der Waals surface area contributed by atoms with Gasteiger partial charge in [-0.2, -0.15) is 0 Å². The van der Waals surface area contributed by atoms with Gasteiger partial charge in [-0.3, -0.25) is 0 Å². The lowest BCUT2D eigenvalue weighted by atomic mass is 9.66. The molecule has 0 radical (unpaired) electrons. The molecule has 0 nitrogen and oxygen atoms in total. The number of halogens is 1. The summed E-state index contributed by atoms with van der Waals surface area (Å²) < 4.78 is 14.2. The number of rotatable bonds is 6. The minimum Gasteiger partial charge on any atom is -0.207 e. The Morgan fingerprint density at radius 1 is 1.00 bits per heavy atom. The Morgan fingerprint density at radius 3 is 2.42 bits per heavy atom. The Labute approximate surface area is 117 Å². The maximum atomic E-state index is 14.2. The molecule has 1 heteroatoms. The van der Waals surface area contributed by atoms with Gasteiger partial charge >= 0.3 is 0 Å². The summed E-state index contributed by atoms with van der Waals surface area (Å²) in [6.45, 7) is 2.24. The molecule has 0 atom stereocenters. The molecule has 0 spiro atoms. The first-order valence-electron chi connectivity index (χ1n) is 8.03. The van der Waals surface area contributed by atoms with E-state index in [1.165, 1.54) is 64.2 Å². The largest absolute Gasteiger partial charge is 0.207 e. The normalized spacial score (nSPS) is 18.4. The van der Waals surface area contributed by atoms with E-state index in [1.807, 2.05) is 18.2 Å². The highest BCUT2D eigenvalue weighted by Gasteiger charge is 2.35. The molecule has 1 aliphatic rings. The maximum absolute atomic E-state index is 14.2. The Balaban J connectivity index is 2.12. The molecule has 0 amide bonds. The average Bonchev–Trinajstić information content (AvgIpc) is 2.45.